The summed E-state index contributed by atoms with van der Waals surface area (Å²) >= 11 is 0. The van der Waals surface area contributed by atoms with Crippen molar-refractivity contribution in [3.8, 4) is 0 Å². The van der Waals surface area contributed by atoms with Crippen molar-refractivity contribution in [3.05, 3.63) is 17.8 Å². The fourth-order valence-electron chi connectivity index (χ4n) is 3.45. The number of nitrogens with zero attached hydrogens (tertiary/aromatic N) is 3. The first-order valence-electron chi connectivity index (χ1n) is 7.25. The topological polar surface area (TPSA) is 95.4 Å². The molecule has 2 aliphatic heterocycles. The Hall–Kier alpha value is -2.18. The number of carboxylic acids is 1. The first-order valence-corrected chi connectivity index (χ1v) is 7.25. The highest BCUT2D eigenvalue weighted by molar-refractivity contribution is 5.92. The first-order chi connectivity index (χ1) is 10.1. The fraction of sp³-hybridized carbons (Fsp3) is 0.571. The van der Waals surface area contributed by atoms with Gasteiger partial charge in [-0.05, 0) is 38.3 Å². The molecule has 0 radical (unpaired) electrons. The molecule has 2 fully saturated rings. The predicted octanol–water partition coefficient (Wildman–Crippen LogP) is 0.668. The van der Waals surface area contributed by atoms with Gasteiger partial charge in [-0.3, -0.25) is 9.59 Å². The van der Waals surface area contributed by atoms with Crippen molar-refractivity contribution in [3.63, 3.8) is 0 Å². The van der Waals surface area contributed by atoms with Gasteiger partial charge >= 0.3 is 5.97 Å². The van der Waals surface area contributed by atoms with Gasteiger partial charge in [-0.2, -0.15) is 0 Å². The molecule has 0 saturated carbocycles. The highest BCUT2D eigenvalue weighted by atomic mass is 16.4. The Balaban J connectivity index is 1.79. The summed E-state index contributed by atoms with van der Waals surface area (Å²) < 4.78 is 0. The predicted molar refractivity (Wildman–Crippen MR) is 75.1 cm³/mol. The maximum atomic E-state index is 11.7. The van der Waals surface area contributed by atoms with Crippen LogP contribution >= 0.6 is 0 Å². The molecule has 1 aromatic heterocycles. The zero-order valence-corrected chi connectivity index (χ0v) is 11.8. The lowest BCUT2D eigenvalue weighted by Gasteiger charge is -2.23. The van der Waals surface area contributed by atoms with Crippen LogP contribution in [0.1, 0.15) is 36.7 Å². The molecule has 2 bridgehead atoms. The Bertz CT molecular complexity index is 560. The molecule has 3 atom stereocenters. The van der Waals surface area contributed by atoms with Crippen molar-refractivity contribution in [2.24, 2.45) is 5.92 Å². The molecule has 0 spiro atoms. The van der Waals surface area contributed by atoms with Crippen LogP contribution in [0, 0.1) is 5.92 Å². The largest absolute Gasteiger partial charge is 0.481 e. The molecule has 21 heavy (non-hydrogen) atoms. The number of hydrogen-bond acceptors (Lipinski definition) is 5. The summed E-state index contributed by atoms with van der Waals surface area (Å²) in [6, 6.07) is 3.62. The van der Waals surface area contributed by atoms with Gasteiger partial charge in [0.2, 0.25) is 0 Å². The molecule has 3 heterocycles. The highest BCUT2D eigenvalue weighted by Gasteiger charge is 2.49. The molecule has 7 heteroatoms. The first kappa shape index (κ1) is 13.8. The number of amides is 1. The normalized spacial score (nSPS) is 26.9. The zero-order chi connectivity index (χ0) is 15.0. The molecule has 2 saturated heterocycles. The van der Waals surface area contributed by atoms with Gasteiger partial charge in [0, 0.05) is 18.6 Å². The van der Waals surface area contributed by atoms with E-state index in [0.29, 0.717) is 18.8 Å². The van der Waals surface area contributed by atoms with Gasteiger partial charge < -0.3 is 15.3 Å². The van der Waals surface area contributed by atoms with Crippen molar-refractivity contribution >= 4 is 17.7 Å². The SMILES string of the molecule is CCNC(=O)c1ccc(N2C3CCC2C(C(=O)O)C3)nn1. The second kappa shape index (κ2) is 5.31. The van der Waals surface area contributed by atoms with Crippen LogP contribution in [0.25, 0.3) is 0 Å². The van der Waals surface area contributed by atoms with E-state index in [1.165, 1.54) is 0 Å². The second-order valence-corrected chi connectivity index (χ2v) is 5.52. The fourth-order valence-corrected chi connectivity index (χ4v) is 3.45. The highest BCUT2D eigenvalue weighted by Crippen LogP contribution is 2.43. The Morgan fingerprint density at radius 1 is 1.38 bits per heavy atom. The number of carbonyl (C=O) groups is 2. The summed E-state index contributed by atoms with van der Waals surface area (Å²) in [4.78, 5) is 25.0. The van der Waals surface area contributed by atoms with Crippen LogP contribution in [0.2, 0.25) is 0 Å². The van der Waals surface area contributed by atoms with E-state index in [2.05, 4.69) is 20.4 Å². The van der Waals surface area contributed by atoms with Gasteiger partial charge in [-0.1, -0.05) is 0 Å². The third kappa shape index (κ3) is 2.32. The van der Waals surface area contributed by atoms with E-state index in [4.69, 9.17) is 0 Å². The van der Waals surface area contributed by atoms with Crippen molar-refractivity contribution in [2.45, 2.75) is 38.3 Å². The lowest BCUT2D eigenvalue weighted by molar-refractivity contribution is -0.142. The minimum Gasteiger partial charge on any atom is -0.481 e. The van der Waals surface area contributed by atoms with Gasteiger partial charge in [0.25, 0.3) is 5.91 Å². The number of aromatic nitrogens is 2. The Labute approximate surface area is 122 Å². The van der Waals surface area contributed by atoms with E-state index >= 15 is 0 Å². The number of fused-ring (bicyclic) bond motifs is 2. The number of carboxylic acid groups (broad SMARTS) is 1. The molecule has 112 valence electrons. The van der Waals surface area contributed by atoms with Crippen LogP contribution in [0.3, 0.4) is 0 Å². The molecular formula is C14H18N4O3. The van der Waals surface area contributed by atoms with Crippen LogP contribution in [0.4, 0.5) is 5.82 Å². The van der Waals surface area contributed by atoms with E-state index in [0.717, 1.165) is 12.8 Å². The monoisotopic (exact) mass is 290 g/mol. The van der Waals surface area contributed by atoms with E-state index in [-0.39, 0.29) is 29.6 Å². The van der Waals surface area contributed by atoms with Crippen molar-refractivity contribution in [1.29, 1.82) is 0 Å². The quantitative estimate of drug-likeness (QED) is 0.846. The Morgan fingerprint density at radius 2 is 2.19 bits per heavy atom. The standard InChI is InChI=1S/C14H18N4O3/c1-2-15-13(19)10-4-6-12(17-16-10)18-8-3-5-11(18)9(7-8)14(20)21/h4,6,8-9,11H,2-3,5,7H2,1H3,(H,15,19)(H,20,21). The van der Waals surface area contributed by atoms with Crippen molar-refractivity contribution in [1.82, 2.24) is 15.5 Å². The summed E-state index contributed by atoms with van der Waals surface area (Å²) in [5.41, 5.74) is 0.280. The second-order valence-electron chi connectivity index (χ2n) is 5.52. The molecule has 1 amide bonds. The van der Waals surface area contributed by atoms with Crippen LogP contribution in [-0.2, 0) is 4.79 Å². The smallest absolute Gasteiger partial charge is 0.308 e. The molecule has 0 aliphatic carbocycles. The van der Waals surface area contributed by atoms with E-state index in [9.17, 15) is 14.7 Å². The van der Waals surface area contributed by atoms with Gasteiger partial charge in [-0.25, -0.2) is 0 Å². The summed E-state index contributed by atoms with van der Waals surface area (Å²) in [7, 11) is 0. The van der Waals surface area contributed by atoms with Gasteiger partial charge in [0.15, 0.2) is 11.5 Å². The summed E-state index contributed by atoms with van der Waals surface area (Å²) in [5.74, 6) is -0.642. The van der Waals surface area contributed by atoms with Crippen LogP contribution in [-0.4, -0.2) is 45.8 Å². The zero-order valence-electron chi connectivity index (χ0n) is 11.8. The van der Waals surface area contributed by atoms with E-state index in [1.807, 2.05) is 6.92 Å². The Kier molecular flexibility index (Phi) is 3.48. The van der Waals surface area contributed by atoms with Crippen LogP contribution < -0.4 is 10.2 Å². The molecule has 2 aliphatic rings. The van der Waals surface area contributed by atoms with Crippen molar-refractivity contribution in [2.75, 3.05) is 11.4 Å². The number of nitrogens with one attached hydrogen (secondary N) is 1. The number of rotatable bonds is 4. The summed E-state index contributed by atoms with van der Waals surface area (Å²) in [5, 5.41) is 20.0. The maximum Gasteiger partial charge on any atom is 0.308 e. The van der Waals surface area contributed by atoms with Gasteiger partial charge in [0.05, 0.1) is 5.92 Å². The minimum absolute atomic E-state index is 0.00267. The molecule has 0 aromatic carbocycles. The van der Waals surface area contributed by atoms with Crippen LogP contribution in [0.5, 0.6) is 0 Å². The third-order valence-corrected chi connectivity index (χ3v) is 4.34. The molecule has 3 rings (SSSR count). The number of hydrogen-bond donors (Lipinski definition) is 2. The minimum atomic E-state index is -0.737. The van der Waals surface area contributed by atoms with Crippen LogP contribution in [0.15, 0.2) is 12.1 Å². The van der Waals surface area contributed by atoms with Crippen molar-refractivity contribution < 1.29 is 14.7 Å². The third-order valence-electron chi connectivity index (χ3n) is 4.34. The lowest BCUT2D eigenvalue weighted by Crippen LogP contribution is -2.33. The number of aliphatic carboxylic acids is 1. The lowest BCUT2D eigenvalue weighted by atomic mass is 9.89. The Morgan fingerprint density at radius 3 is 2.76 bits per heavy atom. The average molecular weight is 290 g/mol. The number of anilines is 1. The summed E-state index contributed by atoms with van der Waals surface area (Å²) in [6.07, 6.45) is 2.54. The molecule has 1 aromatic rings. The van der Waals surface area contributed by atoms with Gasteiger partial charge in [-0.15, -0.1) is 10.2 Å². The van der Waals surface area contributed by atoms with E-state index in [1.54, 1.807) is 12.1 Å². The molecule has 7 nitrogen and oxygen atoms in total. The summed E-state index contributed by atoms with van der Waals surface area (Å²) in [6.45, 7) is 2.38. The molecular weight excluding hydrogens is 272 g/mol. The average Bonchev–Trinajstić information content (AvgIpc) is 3.05. The number of carbonyl (C=O) groups excluding carboxylic acids is 1. The molecule has 3 unspecified atom stereocenters. The molecule has 2 N–H and O–H groups in total. The maximum absolute atomic E-state index is 11.7. The van der Waals surface area contributed by atoms with Gasteiger partial charge in [0.1, 0.15) is 0 Å². The van der Waals surface area contributed by atoms with E-state index < -0.39 is 5.97 Å².